The van der Waals surface area contributed by atoms with Crippen LogP contribution in [0.15, 0.2) is 4.99 Å². The minimum atomic E-state index is 0. The van der Waals surface area contributed by atoms with Crippen LogP contribution in [-0.2, 0) is 4.79 Å². The van der Waals surface area contributed by atoms with E-state index in [1.165, 1.54) is 38.5 Å². The predicted molar refractivity (Wildman–Crippen MR) is 120 cm³/mol. The van der Waals surface area contributed by atoms with Gasteiger partial charge in [-0.1, -0.05) is 45.4 Å². The lowest BCUT2D eigenvalue weighted by Gasteiger charge is -2.26. The first-order chi connectivity index (χ1) is 12.2. The number of nitrogens with zero attached hydrogens (tertiary/aromatic N) is 2. The van der Waals surface area contributed by atoms with E-state index in [1.807, 2.05) is 0 Å². The summed E-state index contributed by atoms with van der Waals surface area (Å²) in [5, 5.41) is 6.88. The average Bonchev–Trinajstić information content (AvgIpc) is 3.10. The maximum absolute atomic E-state index is 12.7. The van der Waals surface area contributed by atoms with Crippen LogP contribution in [0.25, 0.3) is 0 Å². The van der Waals surface area contributed by atoms with E-state index in [-0.39, 0.29) is 29.9 Å². The number of rotatable bonds is 8. The smallest absolute Gasteiger partial charge is 0.225 e. The standard InChI is InChI=1S/C20H38N4O.HI/c1-3-5-6-10-14-22-20(21-4-2)23-18-13-15-24(16-18)19(25)17-11-8-7-9-12-17;/h17-18H,3-16H2,1-2H3,(H2,21,22,23);1H. The summed E-state index contributed by atoms with van der Waals surface area (Å²) in [7, 11) is 0. The van der Waals surface area contributed by atoms with Gasteiger partial charge in [-0.3, -0.25) is 9.79 Å². The number of carbonyl (C=O) groups is 1. The second kappa shape index (κ2) is 13.6. The highest BCUT2D eigenvalue weighted by molar-refractivity contribution is 14.0. The molecule has 2 aliphatic rings. The molecule has 1 heterocycles. The van der Waals surface area contributed by atoms with Crippen molar-refractivity contribution in [3.05, 3.63) is 0 Å². The molecule has 0 aromatic heterocycles. The van der Waals surface area contributed by atoms with Crippen molar-refractivity contribution in [2.24, 2.45) is 10.9 Å². The molecular weight excluding hydrogens is 439 g/mol. The first-order valence-corrected chi connectivity index (χ1v) is 10.6. The molecule has 0 aromatic carbocycles. The van der Waals surface area contributed by atoms with E-state index in [0.29, 0.717) is 11.9 Å². The Morgan fingerprint density at radius 3 is 2.54 bits per heavy atom. The molecule has 1 amide bonds. The molecule has 0 aromatic rings. The van der Waals surface area contributed by atoms with Crippen LogP contribution in [0, 0.1) is 5.92 Å². The van der Waals surface area contributed by atoms with Gasteiger partial charge in [-0.25, -0.2) is 0 Å². The minimum Gasteiger partial charge on any atom is -0.357 e. The van der Waals surface area contributed by atoms with Gasteiger partial charge < -0.3 is 15.5 Å². The fourth-order valence-corrected chi connectivity index (χ4v) is 3.93. The Bertz CT molecular complexity index is 424. The van der Waals surface area contributed by atoms with Crippen molar-refractivity contribution in [1.29, 1.82) is 0 Å². The summed E-state index contributed by atoms with van der Waals surface area (Å²) in [4.78, 5) is 19.5. The number of guanidine groups is 1. The lowest BCUT2D eigenvalue weighted by molar-refractivity contribution is -0.135. The molecule has 1 unspecified atom stereocenters. The van der Waals surface area contributed by atoms with Crippen LogP contribution < -0.4 is 10.6 Å². The Labute approximate surface area is 177 Å². The van der Waals surface area contributed by atoms with Crippen LogP contribution in [0.3, 0.4) is 0 Å². The zero-order valence-corrected chi connectivity index (χ0v) is 19.1. The van der Waals surface area contributed by atoms with Crippen LogP contribution in [0.2, 0.25) is 0 Å². The van der Waals surface area contributed by atoms with Gasteiger partial charge in [0.25, 0.3) is 0 Å². The third-order valence-corrected chi connectivity index (χ3v) is 5.42. The van der Waals surface area contributed by atoms with Gasteiger partial charge in [0.2, 0.25) is 5.91 Å². The molecular formula is C20H39IN4O. The third kappa shape index (κ3) is 8.01. The summed E-state index contributed by atoms with van der Waals surface area (Å²) >= 11 is 0. The lowest BCUT2D eigenvalue weighted by Crippen LogP contribution is -2.45. The van der Waals surface area contributed by atoms with Crippen molar-refractivity contribution in [2.45, 2.75) is 84.1 Å². The predicted octanol–water partition coefficient (Wildman–Crippen LogP) is 3.92. The van der Waals surface area contributed by atoms with Gasteiger partial charge in [-0.2, -0.15) is 0 Å². The Morgan fingerprint density at radius 1 is 1.08 bits per heavy atom. The largest absolute Gasteiger partial charge is 0.357 e. The number of nitrogens with one attached hydrogen (secondary N) is 2. The monoisotopic (exact) mass is 478 g/mol. The summed E-state index contributed by atoms with van der Waals surface area (Å²) in [5.74, 6) is 1.59. The summed E-state index contributed by atoms with van der Waals surface area (Å²) in [6.45, 7) is 7.81. The molecule has 1 aliphatic heterocycles. The van der Waals surface area contributed by atoms with E-state index in [1.54, 1.807) is 0 Å². The van der Waals surface area contributed by atoms with Crippen molar-refractivity contribution in [3.63, 3.8) is 0 Å². The number of hydrogen-bond donors (Lipinski definition) is 2. The average molecular weight is 478 g/mol. The first-order valence-electron chi connectivity index (χ1n) is 10.6. The Morgan fingerprint density at radius 2 is 1.85 bits per heavy atom. The third-order valence-electron chi connectivity index (χ3n) is 5.42. The van der Waals surface area contributed by atoms with Gasteiger partial charge in [-0.15, -0.1) is 24.0 Å². The van der Waals surface area contributed by atoms with Gasteiger partial charge in [0.1, 0.15) is 0 Å². The number of unbranched alkanes of at least 4 members (excludes halogenated alkanes) is 3. The number of amides is 1. The summed E-state index contributed by atoms with van der Waals surface area (Å²) in [6, 6.07) is 0.334. The molecule has 1 saturated carbocycles. The molecule has 0 bridgehead atoms. The number of aliphatic imine (C=N–C) groups is 1. The highest BCUT2D eigenvalue weighted by Gasteiger charge is 2.31. The van der Waals surface area contributed by atoms with Gasteiger partial charge in [-0.05, 0) is 32.6 Å². The van der Waals surface area contributed by atoms with Crippen molar-refractivity contribution in [1.82, 2.24) is 15.5 Å². The molecule has 2 N–H and O–H groups in total. The zero-order chi connectivity index (χ0) is 17.9. The minimum absolute atomic E-state index is 0. The molecule has 6 heteroatoms. The van der Waals surface area contributed by atoms with Gasteiger partial charge in [0, 0.05) is 38.1 Å². The van der Waals surface area contributed by atoms with E-state index in [0.717, 1.165) is 57.8 Å². The second-order valence-electron chi connectivity index (χ2n) is 7.57. The van der Waals surface area contributed by atoms with Crippen LogP contribution in [0.5, 0.6) is 0 Å². The topological polar surface area (TPSA) is 56.7 Å². The van der Waals surface area contributed by atoms with Gasteiger partial charge in [0.05, 0.1) is 0 Å². The molecule has 2 fully saturated rings. The van der Waals surface area contributed by atoms with Crippen LogP contribution in [0.4, 0.5) is 0 Å². The van der Waals surface area contributed by atoms with Crippen LogP contribution in [-0.4, -0.2) is 49.0 Å². The number of halogens is 1. The maximum atomic E-state index is 12.7. The molecule has 1 atom stereocenters. The highest BCUT2D eigenvalue weighted by Crippen LogP contribution is 2.26. The maximum Gasteiger partial charge on any atom is 0.225 e. The summed E-state index contributed by atoms with van der Waals surface area (Å²) < 4.78 is 0. The molecule has 26 heavy (non-hydrogen) atoms. The fourth-order valence-electron chi connectivity index (χ4n) is 3.93. The van der Waals surface area contributed by atoms with E-state index >= 15 is 0 Å². The van der Waals surface area contributed by atoms with Crippen molar-refractivity contribution in [2.75, 3.05) is 26.2 Å². The van der Waals surface area contributed by atoms with Crippen molar-refractivity contribution >= 4 is 35.8 Å². The number of hydrogen-bond acceptors (Lipinski definition) is 2. The highest BCUT2D eigenvalue weighted by atomic mass is 127. The number of carbonyl (C=O) groups excluding carboxylic acids is 1. The zero-order valence-electron chi connectivity index (χ0n) is 16.8. The van der Waals surface area contributed by atoms with E-state index in [2.05, 4.69) is 29.4 Å². The first kappa shape index (κ1) is 23.5. The Balaban J connectivity index is 0.00000338. The van der Waals surface area contributed by atoms with E-state index in [9.17, 15) is 4.79 Å². The summed E-state index contributed by atoms with van der Waals surface area (Å²) in [5.41, 5.74) is 0. The van der Waals surface area contributed by atoms with Crippen LogP contribution >= 0.6 is 24.0 Å². The lowest BCUT2D eigenvalue weighted by atomic mass is 9.88. The Kier molecular flexibility index (Phi) is 12.3. The molecule has 152 valence electrons. The SMILES string of the molecule is CCCCCCN=C(NCC)NC1CCN(C(=O)C2CCCCC2)C1.I. The number of likely N-dealkylation sites (tertiary alicyclic amines) is 1. The molecule has 2 rings (SSSR count). The van der Waals surface area contributed by atoms with Gasteiger partial charge >= 0.3 is 0 Å². The second-order valence-corrected chi connectivity index (χ2v) is 7.57. The Hall–Kier alpha value is -0.530. The molecule has 1 aliphatic carbocycles. The molecule has 0 radical (unpaired) electrons. The van der Waals surface area contributed by atoms with Gasteiger partial charge in [0.15, 0.2) is 5.96 Å². The quantitative estimate of drug-likeness (QED) is 0.241. The summed E-state index contributed by atoms with van der Waals surface area (Å²) in [6.07, 6.45) is 11.9. The molecule has 0 spiro atoms. The van der Waals surface area contributed by atoms with Crippen molar-refractivity contribution in [3.8, 4) is 0 Å². The molecule has 1 saturated heterocycles. The van der Waals surface area contributed by atoms with E-state index in [4.69, 9.17) is 4.99 Å². The molecule has 5 nitrogen and oxygen atoms in total. The van der Waals surface area contributed by atoms with Crippen molar-refractivity contribution < 1.29 is 4.79 Å². The normalized spacial score (nSPS) is 21.4. The van der Waals surface area contributed by atoms with Crippen LogP contribution in [0.1, 0.15) is 78.1 Å². The fraction of sp³-hybridized carbons (Fsp3) is 0.900. The van der Waals surface area contributed by atoms with E-state index < -0.39 is 0 Å².